The van der Waals surface area contributed by atoms with Crippen molar-refractivity contribution in [1.29, 1.82) is 0 Å². The van der Waals surface area contributed by atoms with E-state index >= 15 is 0 Å². The monoisotopic (exact) mass is 118 g/mol. The summed E-state index contributed by atoms with van der Waals surface area (Å²) in [7, 11) is 2.04. The fourth-order valence-corrected chi connectivity index (χ4v) is 0.424. The second kappa shape index (κ2) is 3.05. The molecule has 50 valence electrons. The van der Waals surface area contributed by atoms with Gasteiger partial charge in [0, 0.05) is 0 Å². The average Bonchev–Trinajstić information content (AvgIpc) is 1.87. The summed E-state index contributed by atoms with van der Waals surface area (Å²) >= 11 is 0. The zero-order valence-corrected chi connectivity index (χ0v) is 6.02. The van der Waals surface area contributed by atoms with Crippen molar-refractivity contribution < 1.29 is 9.59 Å². The van der Waals surface area contributed by atoms with E-state index in [9.17, 15) is 0 Å². The van der Waals surface area contributed by atoms with Crippen LogP contribution in [-0.4, -0.2) is 36.5 Å². The highest BCUT2D eigenvalue weighted by molar-refractivity contribution is 4.20. The highest BCUT2D eigenvalue weighted by Crippen LogP contribution is 1.96. The van der Waals surface area contributed by atoms with Crippen LogP contribution >= 0.6 is 0 Å². The van der Waals surface area contributed by atoms with Crippen LogP contribution in [0.1, 0.15) is 13.8 Å². The molecule has 0 aliphatic carbocycles. The number of quaternary nitrogens is 1. The second-order valence-corrected chi connectivity index (χ2v) is 2.39. The topological polar surface area (TPSA) is 20.2 Å². The Bertz CT molecular complexity index is 51.3. The summed E-state index contributed by atoms with van der Waals surface area (Å²) in [5, 5.41) is 8.76. The van der Waals surface area contributed by atoms with E-state index in [1.165, 1.54) is 0 Å². The van der Waals surface area contributed by atoms with E-state index < -0.39 is 0 Å². The third kappa shape index (κ3) is 1.80. The van der Waals surface area contributed by atoms with Gasteiger partial charge >= 0.3 is 0 Å². The van der Waals surface area contributed by atoms with E-state index in [0.717, 1.165) is 17.6 Å². The molecule has 2 heteroatoms. The molecule has 0 unspecified atom stereocenters. The average molecular weight is 118 g/mol. The fourth-order valence-electron chi connectivity index (χ4n) is 0.424. The Labute approximate surface area is 51.3 Å². The third-order valence-electron chi connectivity index (χ3n) is 1.87. The van der Waals surface area contributed by atoms with Crippen LogP contribution in [0.3, 0.4) is 0 Å². The smallest absolute Gasteiger partial charge is 0.180 e. The molecule has 0 saturated carbocycles. The molecule has 0 saturated heterocycles. The van der Waals surface area contributed by atoms with Gasteiger partial charge in [-0.25, -0.2) is 0 Å². The SMILES string of the molecule is CC[N+](C)(CC)CO. The molecule has 8 heavy (non-hydrogen) atoms. The maximum atomic E-state index is 8.76. The predicted molar refractivity (Wildman–Crippen MR) is 34.4 cm³/mol. The summed E-state index contributed by atoms with van der Waals surface area (Å²) in [6.45, 7) is 6.44. The number of nitrogens with zero attached hydrogens (tertiary/aromatic N) is 1. The van der Waals surface area contributed by atoms with E-state index in [0.29, 0.717) is 0 Å². The molecule has 0 aromatic carbocycles. The Morgan fingerprint density at radius 2 is 1.62 bits per heavy atom. The highest BCUT2D eigenvalue weighted by Gasteiger charge is 2.12. The number of aliphatic hydroxyl groups excluding tert-OH is 1. The van der Waals surface area contributed by atoms with Crippen molar-refractivity contribution in [3.05, 3.63) is 0 Å². The fraction of sp³-hybridized carbons (Fsp3) is 1.00. The summed E-state index contributed by atoms with van der Waals surface area (Å²) in [4.78, 5) is 0. The summed E-state index contributed by atoms with van der Waals surface area (Å²) in [5.74, 6) is 0. The Hall–Kier alpha value is -0.0800. The van der Waals surface area contributed by atoms with E-state index in [1.54, 1.807) is 0 Å². The van der Waals surface area contributed by atoms with Crippen LogP contribution in [-0.2, 0) is 0 Å². The quantitative estimate of drug-likeness (QED) is 0.420. The molecule has 2 nitrogen and oxygen atoms in total. The van der Waals surface area contributed by atoms with Crippen LogP contribution in [0, 0.1) is 0 Å². The highest BCUT2D eigenvalue weighted by atomic mass is 16.3. The summed E-state index contributed by atoms with van der Waals surface area (Å²) in [6.07, 6.45) is 0. The van der Waals surface area contributed by atoms with Crippen molar-refractivity contribution in [2.75, 3.05) is 26.9 Å². The molecule has 0 fully saturated rings. The lowest BCUT2D eigenvalue weighted by molar-refractivity contribution is -0.923. The predicted octanol–water partition coefficient (Wildman–Crippen LogP) is 0.423. The zero-order chi connectivity index (χ0) is 6.62. The zero-order valence-electron chi connectivity index (χ0n) is 6.02. The first kappa shape index (κ1) is 7.92. The Morgan fingerprint density at radius 1 is 1.25 bits per heavy atom. The van der Waals surface area contributed by atoms with Gasteiger partial charge in [0.15, 0.2) is 6.73 Å². The van der Waals surface area contributed by atoms with Gasteiger partial charge in [-0.3, -0.25) is 0 Å². The molecule has 0 spiro atoms. The molecule has 0 rings (SSSR count). The molecule has 0 amide bonds. The van der Waals surface area contributed by atoms with Crippen molar-refractivity contribution in [3.8, 4) is 0 Å². The molecule has 0 bridgehead atoms. The molecule has 0 heterocycles. The van der Waals surface area contributed by atoms with Crippen molar-refractivity contribution in [2.24, 2.45) is 0 Å². The van der Waals surface area contributed by atoms with Crippen molar-refractivity contribution in [2.45, 2.75) is 13.8 Å². The number of rotatable bonds is 3. The van der Waals surface area contributed by atoms with Crippen LogP contribution in [0.5, 0.6) is 0 Å². The van der Waals surface area contributed by atoms with Crippen LogP contribution in [0.25, 0.3) is 0 Å². The van der Waals surface area contributed by atoms with E-state index in [-0.39, 0.29) is 6.73 Å². The molecule has 0 aromatic heterocycles. The minimum Gasteiger partial charge on any atom is -0.347 e. The van der Waals surface area contributed by atoms with Gasteiger partial charge in [-0.05, 0) is 13.8 Å². The van der Waals surface area contributed by atoms with Crippen molar-refractivity contribution in [1.82, 2.24) is 0 Å². The summed E-state index contributed by atoms with van der Waals surface area (Å²) in [6, 6.07) is 0. The van der Waals surface area contributed by atoms with E-state index in [4.69, 9.17) is 5.11 Å². The molecule has 0 aliphatic heterocycles. The molecular formula is C6H16NO+. The molecule has 0 atom stereocenters. The van der Waals surface area contributed by atoms with Gasteiger partial charge in [-0.2, -0.15) is 0 Å². The Morgan fingerprint density at radius 3 is 1.62 bits per heavy atom. The van der Waals surface area contributed by atoms with E-state index in [2.05, 4.69) is 13.8 Å². The minimum atomic E-state index is 0.257. The number of aliphatic hydroxyl groups is 1. The Balaban J connectivity index is 3.58. The first-order valence-electron chi connectivity index (χ1n) is 3.13. The molecule has 1 N–H and O–H groups in total. The minimum absolute atomic E-state index is 0.257. The van der Waals surface area contributed by atoms with Gasteiger partial charge in [0.25, 0.3) is 0 Å². The van der Waals surface area contributed by atoms with Gasteiger partial charge in [-0.15, -0.1) is 0 Å². The van der Waals surface area contributed by atoms with Gasteiger partial charge in [0.2, 0.25) is 0 Å². The molecule has 0 aromatic rings. The van der Waals surface area contributed by atoms with Crippen LogP contribution in [0.15, 0.2) is 0 Å². The number of hydrogen-bond acceptors (Lipinski definition) is 1. The van der Waals surface area contributed by atoms with Crippen molar-refractivity contribution in [3.63, 3.8) is 0 Å². The summed E-state index contributed by atoms with van der Waals surface area (Å²) < 4.78 is 0.764. The van der Waals surface area contributed by atoms with Crippen molar-refractivity contribution >= 4 is 0 Å². The van der Waals surface area contributed by atoms with Gasteiger partial charge in [-0.1, -0.05) is 0 Å². The van der Waals surface area contributed by atoms with Crippen LogP contribution in [0.2, 0.25) is 0 Å². The lowest BCUT2D eigenvalue weighted by Crippen LogP contribution is -2.44. The lowest BCUT2D eigenvalue weighted by atomic mass is 10.5. The summed E-state index contributed by atoms with van der Waals surface area (Å²) in [5.41, 5.74) is 0. The first-order valence-corrected chi connectivity index (χ1v) is 3.13. The molecule has 0 aliphatic rings. The van der Waals surface area contributed by atoms with Gasteiger partial charge < -0.3 is 9.59 Å². The largest absolute Gasteiger partial charge is 0.347 e. The molecular weight excluding hydrogens is 102 g/mol. The number of hydrogen-bond donors (Lipinski definition) is 1. The normalized spacial score (nSPS) is 12.0. The van der Waals surface area contributed by atoms with Crippen LogP contribution in [0.4, 0.5) is 0 Å². The maximum Gasteiger partial charge on any atom is 0.180 e. The second-order valence-electron chi connectivity index (χ2n) is 2.39. The lowest BCUT2D eigenvalue weighted by Gasteiger charge is -2.28. The molecule has 0 radical (unpaired) electrons. The Kier molecular flexibility index (Phi) is 3.02. The van der Waals surface area contributed by atoms with E-state index in [1.807, 2.05) is 7.05 Å². The standard InChI is InChI=1S/C6H16NO/c1-4-7(3,5-2)6-8/h8H,4-6H2,1-3H3/q+1. The first-order chi connectivity index (χ1) is 3.68. The third-order valence-corrected chi connectivity index (χ3v) is 1.87. The van der Waals surface area contributed by atoms with Gasteiger partial charge in [0.1, 0.15) is 0 Å². The van der Waals surface area contributed by atoms with Gasteiger partial charge in [0.05, 0.1) is 20.1 Å². The maximum absolute atomic E-state index is 8.76. The van der Waals surface area contributed by atoms with Crippen LogP contribution < -0.4 is 0 Å².